The van der Waals surface area contributed by atoms with Crippen molar-refractivity contribution in [2.24, 2.45) is 22.9 Å². The average molecular weight is 762 g/mol. The van der Waals surface area contributed by atoms with E-state index in [1.807, 2.05) is 0 Å². The highest BCUT2D eigenvalue weighted by molar-refractivity contribution is 5.80. The molecular weight excluding hydrogens is 710 g/mol. The highest BCUT2D eigenvalue weighted by Gasteiger charge is 2.55. The molecule has 4 aliphatic rings. The molecule has 0 bridgehead atoms. The molecule has 1 amide bonds. The van der Waals surface area contributed by atoms with Gasteiger partial charge in [0.1, 0.15) is 85.5 Å². The summed E-state index contributed by atoms with van der Waals surface area (Å²) in [6.07, 6.45) is -32.8. The number of ether oxygens (including phenoxy) is 6. The van der Waals surface area contributed by atoms with E-state index in [0.29, 0.717) is 0 Å². The summed E-state index contributed by atoms with van der Waals surface area (Å²) in [5.41, 5.74) is 23.5. The minimum atomic E-state index is -2.11. The Morgan fingerprint density at radius 3 is 1.90 bits per heavy atom. The maximum atomic E-state index is 12.8. The van der Waals surface area contributed by atoms with Gasteiger partial charge < -0.3 is 113 Å². The smallest absolute Gasteiger partial charge is 0.335 e. The lowest BCUT2D eigenvalue weighted by atomic mass is 9.83. The number of carbonyl (C=O) groups is 2. The van der Waals surface area contributed by atoms with E-state index in [1.165, 1.54) is 0 Å². The van der Waals surface area contributed by atoms with Crippen LogP contribution in [0, 0.1) is 0 Å². The Hall–Kier alpha value is -1.86. The zero-order chi connectivity index (χ0) is 38.8. The summed E-state index contributed by atoms with van der Waals surface area (Å²) in [6, 6.07) is -3.89. The highest BCUT2D eigenvalue weighted by atomic mass is 16.8. The number of aliphatic hydroxyl groups excluding tert-OH is 10. The molecular formula is C28H51N5O19. The van der Waals surface area contributed by atoms with Gasteiger partial charge in [0.25, 0.3) is 0 Å². The fourth-order valence-electron chi connectivity index (χ4n) is 6.52. The van der Waals surface area contributed by atoms with Gasteiger partial charge in [-0.15, -0.1) is 0 Å². The van der Waals surface area contributed by atoms with Crippen molar-refractivity contribution in [1.29, 1.82) is 0 Å². The molecule has 0 spiro atoms. The van der Waals surface area contributed by atoms with Crippen LogP contribution in [0.25, 0.3) is 0 Å². The fraction of sp³-hybridized carbons (Fsp3) is 0.929. The van der Waals surface area contributed by atoms with Crippen LogP contribution >= 0.6 is 0 Å². The van der Waals surface area contributed by atoms with Gasteiger partial charge in [-0.25, -0.2) is 4.79 Å². The quantitative estimate of drug-likeness (QED) is 0.0828. The van der Waals surface area contributed by atoms with Crippen LogP contribution in [0.5, 0.6) is 0 Å². The van der Waals surface area contributed by atoms with Gasteiger partial charge in [0.15, 0.2) is 25.0 Å². The Labute approximate surface area is 295 Å². The fourth-order valence-corrected chi connectivity index (χ4v) is 6.52. The highest BCUT2D eigenvalue weighted by Crippen LogP contribution is 2.34. The molecule has 0 aromatic heterocycles. The van der Waals surface area contributed by atoms with Gasteiger partial charge in [-0.1, -0.05) is 0 Å². The first-order valence-corrected chi connectivity index (χ1v) is 16.6. The van der Waals surface area contributed by atoms with E-state index in [4.69, 9.17) is 51.4 Å². The van der Waals surface area contributed by atoms with Crippen molar-refractivity contribution in [3.63, 3.8) is 0 Å². The number of hydrogen-bond donors (Lipinski definition) is 16. The first-order chi connectivity index (χ1) is 24.5. The molecule has 3 aliphatic heterocycles. The monoisotopic (exact) mass is 761 g/mol. The Balaban J connectivity index is 1.63. The van der Waals surface area contributed by atoms with Crippen molar-refractivity contribution in [2.75, 3.05) is 19.7 Å². The van der Waals surface area contributed by atoms with Crippen LogP contribution in [-0.2, 0) is 38.0 Å². The van der Waals surface area contributed by atoms with Crippen molar-refractivity contribution >= 4 is 11.9 Å². The lowest BCUT2D eigenvalue weighted by molar-refractivity contribution is -0.373. The number of aliphatic carboxylic acids is 1. The van der Waals surface area contributed by atoms with Crippen molar-refractivity contribution < 1.29 is 94.2 Å². The lowest BCUT2D eigenvalue weighted by Gasteiger charge is -2.50. The number of carboxylic acids is 1. The molecule has 4 fully saturated rings. The van der Waals surface area contributed by atoms with Crippen LogP contribution in [0.15, 0.2) is 0 Å². The second-order valence-electron chi connectivity index (χ2n) is 13.2. The number of carboxylic acid groups (broad SMARTS) is 1. The minimum absolute atomic E-state index is 0.0590. The van der Waals surface area contributed by atoms with E-state index < -0.39 is 154 Å². The van der Waals surface area contributed by atoms with Gasteiger partial charge in [0, 0.05) is 12.6 Å². The number of nitrogens with two attached hydrogens (primary N) is 4. The van der Waals surface area contributed by atoms with Gasteiger partial charge in [-0.05, 0) is 19.4 Å². The largest absolute Gasteiger partial charge is 0.479 e. The molecule has 302 valence electrons. The number of nitrogens with one attached hydrogen (secondary N) is 1. The molecule has 24 heteroatoms. The zero-order valence-corrected chi connectivity index (χ0v) is 27.7. The molecule has 0 radical (unpaired) electrons. The summed E-state index contributed by atoms with van der Waals surface area (Å²) < 4.78 is 33.9. The topological polar surface area (TPSA) is 428 Å². The summed E-state index contributed by atoms with van der Waals surface area (Å²) in [4.78, 5) is 24.5. The van der Waals surface area contributed by atoms with E-state index in [0.717, 1.165) is 0 Å². The number of hydrogen-bond acceptors (Lipinski definition) is 22. The maximum absolute atomic E-state index is 12.8. The SMILES string of the molecule is NCC[C@H](O)C(=O)N[C@@H]1C[C@H](N)[C@@H](O[C@H]2O[C@H](CN)[C@@H](O)[C@H](O)[C@H]2OC2OC(C(=O)O)C(O)C(O)C2O)[C@H](O)[C@H]1O[C@H]1O[C@H](CO)[C@@H](O)[C@H](N)[C@H]1O. The predicted octanol–water partition coefficient (Wildman–Crippen LogP) is -10.5. The molecule has 1 saturated carbocycles. The summed E-state index contributed by atoms with van der Waals surface area (Å²) in [5, 5.41) is 117. The normalized spacial score (nSPS) is 47.8. The Kier molecular flexibility index (Phi) is 15.0. The van der Waals surface area contributed by atoms with Crippen LogP contribution in [0.4, 0.5) is 0 Å². The third kappa shape index (κ3) is 8.98. The first kappa shape index (κ1) is 42.9. The van der Waals surface area contributed by atoms with Crippen LogP contribution in [0.3, 0.4) is 0 Å². The molecule has 0 aromatic rings. The summed E-state index contributed by atoms with van der Waals surface area (Å²) >= 11 is 0. The Morgan fingerprint density at radius 1 is 0.712 bits per heavy atom. The molecule has 5 unspecified atom stereocenters. The lowest BCUT2D eigenvalue weighted by Crippen LogP contribution is -2.70. The molecule has 3 heterocycles. The van der Waals surface area contributed by atoms with Crippen LogP contribution in [0.1, 0.15) is 12.8 Å². The Morgan fingerprint density at radius 2 is 1.31 bits per heavy atom. The summed E-state index contributed by atoms with van der Waals surface area (Å²) in [7, 11) is 0. The number of amides is 1. The molecule has 21 atom stereocenters. The van der Waals surface area contributed by atoms with E-state index in [2.05, 4.69) is 5.32 Å². The van der Waals surface area contributed by atoms with Gasteiger partial charge in [-0.3, -0.25) is 4.79 Å². The van der Waals surface area contributed by atoms with Crippen molar-refractivity contribution in [3.05, 3.63) is 0 Å². The first-order valence-electron chi connectivity index (χ1n) is 16.6. The van der Waals surface area contributed by atoms with Crippen LogP contribution in [-0.4, -0.2) is 216 Å². The second-order valence-corrected chi connectivity index (χ2v) is 13.2. The van der Waals surface area contributed by atoms with Crippen LogP contribution in [0.2, 0.25) is 0 Å². The summed E-state index contributed by atoms with van der Waals surface area (Å²) in [5.74, 6) is -2.67. The number of rotatable bonds is 13. The standard InChI is InChI=1S/C28H51N5O19/c29-2-1-8(35)24(44)33-7-3-6(31)20(19(43)21(7)50-26-14(38)11(32)12(36)10(5-34)48-26)49-28-23(16(40)13(37)9(4-30)47-28)52-27-18(42)15(39)17(41)22(51-27)25(45)46/h6-23,26-28,34-43H,1-5,29-32H2,(H,33,44)(H,45,46)/t6-,7+,8-,9+,10+,11-,12+,13+,14+,15?,16-,17?,18?,19-,20+,21-,22?,23+,26+,27?,28+/m0/s1. The van der Waals surface area contributed by atoms with Gasteiger partial charge in [0.2, 0.25) is 5.91 Å². The summed E-state index contributed by atoms with van der Waals surface area (Å²) in [6.45, 7) is -1.22. The van der Waals surface area contributed by atoms with Crippen molar-refractivity contribution in [2.45, 2.75) is 141 Å². The Bertz CT molecular complexity index is 1180. The predicted molar refractivity (Wildman–Crippen MR) is 165 cm³/mol. The maximum Gasteiger partial charge on any atom is 0.335 e. The molecule has 0 aromatic carbocycles. The van der Waals surface area contributed by atoms with Gasteiger partial charge in [-0.2, -0.15) is 0 Å². The third-order valence-electron chi connectivity index (χ3n) is 9.59. The average Bonchev–Trinajstić information content (AvgIpc) is 3.10. The third-order valence-corrected chi connectivity index (χ3v) is 9.59. The molecule has 3 saturated heterocycles. The molecule has 24 nitrogen and oxygen atoms in total. The molecule has 1 aliphatic carbocycles. The van der Waals surface area contributed by atoms with Crippen LogP contribution < -0.4 is 28.3 Å². The van der Waals surface area contributed by atoms with E-state index in [-0.39, 0.29) is 19.4 Å². The minimum Gasteiger partial charge on any atom is -0.479 e. The van der Waals surface area contributed by atoms with E-state index in [1.54, 1.807) is 0 Å². The van der Waals surface area contributed by atoms with E-state index in [9.17, 15) is 65.8 Å². The number of aliphatic hydroxyl groups is 10. The zero-order valence-electron chi connectivity index (χ0n) is 27.7. The second kappa shape index (κ2) is 18.2. The van der Waals surface area contributed by atoms with Crippen molar-refractivity contribution in [1.82, 2.24) is 5.32 Å². The van der Waals surface area contributed by atoms with Gasteiger partial charge in [0.05, 0.1) is 18.7 Å². The van der Waals surface area contributed by atoms with Crippen molar-refractivity contribution in [3.8, 4) is 0 Å². The molecule has 52 heavy (non-hydrogen) atoms. The molecule has 20 N–H and O–H groups in total. The number of carbonyl (C=O) groups excluding carboxylic acids is 1. The van der Waals surface area contributed by atoms with E-state index >= 15 is 0 Å². The molecule has 4 rings (SSSR count). The van der Waals surface area contributed by atoms with Gasteiger partial charge >= 0.3 is 5.97 Å².